The van der Waals surface area contributed by atoms with Crippen LogP contribution in [0, 0.1) is 0 Å². The number of aromatic nitrogens is 2. The number of nitrogens with zero attached hydrogens (tertiary/aromatic N) is 2. The van der Waals surface area contributed by atoms with Gasteiger partial charge in [0.2, 0.25) is 11.8 Å². The van der Waals surface area contributed by atoms with E-state index in [1.165, 1.54) is 0 Å². The first kappa shape index (κ1) is 12.1. The van der Waals surface area contributed by atoms with Crippen LogP contribution in [0.4, 0.5) is 0 Å². The molecule has 2 rings (SSSR count). The highest BCUT2D eigenvalue weighted by Gasteiger charge is 2.07. The highest BCUT2D eigenvalue weighted by Crippen LogP contribution is 2.19. The smallest absolute Gasteiger partial charge is 0.247 e. The van der Waals surface area contributed by atoms with E-state index in [9.17, 15) is 0 Å². The molecule has 0 amide bonds. The second-order valence-corrected chi connectivity index (χ2v) is 4.60. The molecule has 0 radical (unpaired) electrons. The van der Waals surface area contributed by atoms with Crippen molar-refractivity contribution in [3.63, 3.8) is 0 Å². The summed E-state index contributed by atoms with van der Waals surface area (Å²) in [5.41, 5.74) is 0.937. The van der Waals surface area contributed by atoms with Crippen molar-refractivity contribution < 1.29 is 9.52 Å². The van der Waals surface area contributed by atoms with Gasteiger partial charge in [0.15, 0.2) is 0 Å². The molecule has 0 bridgehead atoms. The molecule has 0 aliphatic heterocycles. The molecule has 2 aromatic rings. The summed E-state index contributed by atoms with van der Waals surface area (Å²) in [5, 5.41) is 16.6. The molecule has 17 heavy (non-hydrogen) atoms. The van der Waals surface area contributed by atoms with E-state index in [2.05, 4.69) is 10.2 Å². The predicted molar refractivity (Wildman–Crippen MR) is 67.6 cm³/mol. The molecule has 0 unspecified atom stereocenters. The standard InChI is InChI=1S/C12H14N2O2S/c15-7-4-8-17-9-11-13-14-12(16-11)10-5-2-1-3-6-10/h1-3,5-6,15H,4,7-9H2. The maximum absolute atomic E-state index is 8.65. The summed E-state index contributed by atoms with van der Waals surface area (Å²) in [4.78, 5) is 0. The van der Waals surface area contributed by atoms with Gasteiger partial charge in [0.05, 0.1) is 5.75 Å². The van der Waals surface area contributed by atoms with Crippen LogP contribution >= 0.6 is 11.8 Å². The number of thioether (sulfide) groups is 1. The quantitative estimate of drug-likeness (QED) is 0.797. The van der Waals surface area contributed by atoms with E-state index < -0.39 is 0 Å². The van der Waals surface area contributed by atoms with Crippen molar-refractivity contribution in [1.82, 2.24) is 10.2 Å². The lowest BCUT2D eigenvalue weighted by Crippen LogP contribution is -1.87. The number of hydrogen-bond acceptors (Lipinski definition) is 5. The average molecular weight is 250 g/mol. The van der Waals surface area contributed by atoms with Gasteiger partial charge in [0.25, 0.3) is 0 Å². The molecular formula is C12H14N2O2S. The van der Waals surface area contributed by atoms with Crippen LogP contribution in [0.5, 0.6) is 0 Å². The molecule has 4 nitrogen and oxygen atoms in total. The molecule has 0 spiro atoms. The van der Waals surface area contributed by atoms with E-state index in [1.54, 1.807) is 11.8 Å². The van der Waals surface area contributed by atoms with Gasteiger partial charge in [-0.1, -0.05) is 18.2 Å². The zero-order valence-corrected chi connectivity index (χ0v) is 10.2. The van der Waals surface area contributed by atoms with E-state index in [-0.39, 0.29) is 6.61 Å². The Morgan fingerprint density at radius 1 is 1.18 bits per heavy atom. The Hall–Kier alpha value is -1.33. The molecule has 0 aliphatic rings. The average Bonchev–Trinajstić information content (AvgIpc) is 2.85. The Labute approximate surface area is 104 Å². The third-order valence-electron chi connectivity index (χ3n) is 2.16. The van der Waals surface area contributed by atoms with Crippen LogP contribution in [-0.2, 0) is 5.75 Å². The summed E-state index contributed by atoms with van der Waals surface area (Å²) >= 11 is 1.68. The predicted octanol–water partition coefficient (Wildman–Crippen LogP) is 2.35. The topological polar surface area (TPSA) is 59.2 Å². The minimum absolute atomic E-state index is 0.228. The van der Waals surface area contributed by atoms with Crippen LogP contribution in [0.15, 0.2) is 34.7 Å². The van der Waals surface area contributed by atoms with E-state index in [0.29, 0.717) is 17.5 Å². The lowest BCUT2D eigenvalue weighted by Gasteiger charge is -1.95. The van der Waals surface area contributed by atoms with Gasteiger partial charge < -0.3 is 9.52 Å². The molecule has 5 heteroatoms. The monoisotopic (exact) mass is 250 g/mol. The van der Waals surface area contributed by atoms with Crippen molar-refractivity contribution in [2.75, 3.05) is 12.4 Å². The van der Waals surface area contributed by atoms with Crippen molar-refractivity contribution in [1.29, 1.82) is 0 Å². The summed E-state index contributed by atoms with van der Waals surface area (Å²) < 4.78 is 5.54. The highest BCUT2D eigenvalue weighted by molar-refractivity contribution is 7.98. The second-order valence-electron chi connectivity index (χ2n) is 3.50. The Morgan fingerprint density at radius 2 is 2.00 bits per heavy atom. The third kappa shape index (κ3) is 3.57. The minimum atomic E-state index is 0.228. The van der Waals surface area contributed by atoms with Gasteiger partial charge in [0, 0.05) is 12.2 Å². The number of rotatable bonds is 6. The van der Waals surface area contributed by atoms with Gasteiger partial charge in [0.1, 0.15) is 0 Å². The number of hydrogen-bond donors (Lipinski definition) is 1. The molecule has 1 aromatic heterocycles. The lowest BCUT2D eigenvalue weighted by atomic mass is 10.2. The lowest BCUT2D eigenvalue weighted by molar-refractivity contribution is 0.296. The maximum atomic E-state index is 8.65. The van der Waals surface area contributed by atoms with Crippen LogP contribution in [0.2, 0.25) is 0 Å². The number of benzene rings is 1. The summed E-state index contributed by atoms with van der Waals surface area (Å²) in [6, 6.07) is 9.71. The second kappa shape index (κ2) is 6.42. The van der Waals surface area contributed by atoms with Gasteiger partial charge >= 0.3 is 0 Å². The fourth-order valence-electron chi connectivity index (χ4n) is 1.34. The van der Waals surface area contributed by atoms with Crippen LogP contribution in [0.3, 0.4) is 0 Å². The van der Waals surface area contributed by atoms with Crippen molar-refractivity contribution in [2.24, 2.45) is 0 Å². The van der Waals surface area contributed by atoms with E-state index in [1.807, 2.05) is 30.3 Å². The van der Waals surface area contributed by atoms with Crippen LogP contribution in [0.1, 0.15) is 12.3 Å². The minimum Gasteiger partial charge on any atom is -0.420 e. The summed E-state index contributed by atoms with van der Waals surface area (Å²) in [6.07, 6.45) is 0.796. The Kier molecular flexibility index (Phi) is 4.58. The molecule has 0 aliphatic carbocycles. The Bertz CT molecular complexity index is 445. The molecule has 0 saturated heterocycles. The highest BCUT2D eigenvalue weighted by atomic mass is 32.2. The van der Waals surface area contributed by atoms with Crippen molar-refractivity contribution in [3.8, 4) is 11.5 Å². The van der Waals surface area contributed by atoms with Gasteiger partial charge in [-0.25, -0.2) is 0 Å². The SMILES string of the molecule is OCCCSCc1nnc(-c2ccccc2)o1. The van der Waals surface area contributed by atoms with Gasteiger partial charge in [-0.15, -0.1) is 10.2 Å². The van der Waals surface area contributed by atoms with Crippen molar-refractivity contribution >= 4 is 11.8 Å². The molecule has 1 heterocycles. The van der Waals surface area contributed by atoms with Crippen LogP contribution < -0.4 is 0 Å². The Morgan fingerprint density at radius 3 is 2.76 bits per heavy atom. The molecule has 0 saturated carbocycles. The maximum Gasteiger partial charge on any atom is 0.247 e. The molecule has 0 fully saturated rings. The van der Waals surface area contributed by atoms with E-state index in [0.717, 1.165) is 17.7 Å². The van der Waals surface area contributed by atoms with Gasteiger partial charge in [-0.05, 0) is 24.3 Å². The summed E-state index contributed by atoms with van der Waals surface area (Å²) in [5.74, 6) is 2.79. The molecule has 1 N–H and O–H groups in total. The first-order chi connectivity index (χ1) is 8.40. The van der Waals surface area contributed by atoms with Crippen LogP contribution in [0.25, 0.3) is 11.5 Å². The zero-order chi connectivity index (χ0) is 11.9. The largest absolute Gasteiger partial charge is 0.420 e. The van der Waals surface area contributed by atoms with Crippen molar-refractivity contribution in [2.45, 2.75) is 12.2 Å². The summed E-state index contributed by atoms with van der Waals surface area (Å²) in [7, 11) is 0. The molecule has 90 valence electrons. The first-order valence-electron chi connectivity index (χ1n) is 5.46. The van der Waals surface area contributed by atoms with Gasteiger partial charge in [-0.2, -0.15) is 11.8 Å². The number of aliphatic hydroxyl groups excluding tert-OH is 1. The molecule has 0 atom stereocenters. The first-order valence-corrected chi connectivity index (χ1v) is 6.62. The fraction of sp³-hybridized carbons (Fsp3) is 0.333. The van der Waals surface area contributed by atoms with Crippen molar-refractivity contribution in [3.05, 3.63) is 36.2 Å². The zero-order valence-electron chi connectivity index (χ0n) is 9.37. The van der Waals surface area contributed by atoms with E-state index in [4.69, 9.17) is 9.52 Å². The van der Waals surface area contributed by atoms with E-state index >= 15 is 0 Å². The Balaban J connectivity index is 1.92. The normalized spacial score (nSPS) is 10.6. The number of aliphatic hydroxyl groups is 1. The summed E-state index contributed by atoms with van der Waals surface area (Å²) in [6.45, 7) is 0.228. The molecule has 1 aromatic carbocycles. The van der Waals surface area contributed by atoms with Gasteiger partial charge in [-0.3, -0.25) is 0 Å². The fourth-order valence-corrected chi connectivity index (χ4v) is 2.10. The third-order valence-corrected chi connectivity index (χ3v) is 3.19. The molecular weight excluding hydrogens is 236 g/mol. The van der Waals surface area contributed by atoms with Crippen LogP contribution in [-0.4, -0.2) is 27.7 Å².